The third kappa shape index (κ3) is 3.07. The van der Waals surface area contributed by atoms with E-state index < -0.39 is 0 Å². The van der Waals surface area contributed by atoms with Gasteiger partial charge in [0.05, 0.1) is 13.1 Å². The summed E-state index contributed by atoms with van der Waals surface area (Å²) in [6.45, 7) is 3.43. The van der Waals surface area contributed by atoms with Crippen molar-refractivity contribution >= 4 is 10.8 Å². The maximum atomic E-state index is 11.1. The number of piperidine rings is 3. The molecule has 0 aromatic heterocycles. The van der Waals surface area contributed by atoms with Gasteiger partial charge in [0.25, 0.3) is 0 Å². The first-order chi connectivity index (χ1) is 13.2. The van der Waals surface area contributed by atoms with Gasteiger partial charge in [-0.15, -0.1) is 0 Å². The van der Waals surface area contributed by atoms with Crippen molar-refractivity contribution in [3.05, 3.63) is 83.9 Å². The molecule has 2 bridgehead atoms. The molecule has 2 atom stereocenters. The topological polar surface area (TPSA) is 20.2 Å². The summed E-state index contributed by atoms with van der Waals surface area (Å²) in [6, 6.07) is 26.6. The van der Waals surface area contributed by atoms with Gasteiger partial charge in [-0.3, -0.25) is 0 Å². The van der Waals surface area contributed by atoms with Crippen LogP contribution >= 0.6 is 0 Å². The predicted octanol–water partition coefficient (Wildman–Crippen LogP) is 4.55. The lowest BCUT2D eigenvalue weighted by Gasteiger charge is -2.57. The minimum absolute atomic E-state index is 0.173. The molecule has 2 nitrogen and oxygen atoms in total. The normalized spacial score (nSPS) is 29.9. The molecule has 2 heteroatoms. The second-order valence-electron chi connectivity index (χ2n) is 8.59. The molecule has 3 heterocycles. The van der Waals surface area contributed by atoms with Crippen LogP contribution < -0.4 is 0 Å². The zero-order valence-corrected chi connectivity index (χ0v) is 15.8. The minimum Gasteiger partial charge on any atom is -0.387 e. The number of quaternary nitrogens is 1. The molecule has 0 aliphatic carbocycles. The summed E-state index contributed by atoms with van der Waals surface area (Å²) < 4.78 is 1.05. The smallest absolute Gasteiger partial charge is 0.120 e. The van der Waals surface area contributed by atoms with Gasteiger partial charge < -0.3 is 9.59 Å². The van der Waals surface area contributed by atoms with Crippen LogP contribution in [0, 0.1) is 5.92 Å². The van der Waals surface area contributed by atoms with Gasteiger partial charge in [0.2, 0.25) is 0 Å². The van der Waals surface area contributed by atoms with Gasteiger partial charge in [0.15, 0.2) is 0 Å². The van der Waals surface area contributed by atoms with E-state index in [2.05, 4.69) is 72.8 Å². The molecule has 3 saturated heterocycles. The van der Waals surface area contributed by atoms with Crippen molar-refractivity contribution in [3.63, 3.8) is 0 Å². The SMILES string of the molecule is O[C@@H]1C2CC[N+](Cc3ccc4ccccc4c3)(CC2)[C@@H]1Cc1ccccc1. The largest absolute Gasteiger partial charge is 0.387 e. The molecular weight excluding hydrogens is 330 g/mol. The Kier molecular flexibility index (Phi) is 4.26. The summed E-state index contributed by atoms with van der Waals surface area (Å²) in [5.74, 6) is 0.496. The maximum Gasteiger partial charge on any atom is 0.120 e. The fourth-order valence-corrected chi connectivity index (χ4v) is 5.56. The summed E-state index contributed by atoms with van der Waals surface area (Å²) >= 11 is 0. The molecule has 3 fully saturated rings. The highest BCUT2D eigenvalue weighted by Crippen LogP contribution is 2.41. The number of rotatable bonds is 4. The van der Waals surface area contributed by atoms with Crippen LogP contribution in [0.4, 0.5) is 0 Å². The van der Waals surface area contributed by atoms with Crippen LogP contribution in [0.5, 0.6) is 0 Å². The van der Waals surface area contributed by atoms with Crippen molar-refractivity contribution in [1.29, 1.82) is 0 Å². The molecule has 0 amide bonds. The second kappa shape index (κ2) is 6.78. The highest BCUT2D eigenvalue weighted by atomic mass is 16.3. The van der Waals surface area contributed by atoms with Crippen LogP contribution in [0.1, 0.15) is 24.0 Å². The van der Waals surface area contributed by atoms with Gasteiger partial charge in [-0.2, -0.15) is 0 Å². The van der Waals surface area contributed by atoms with Crippen molar-refractivity contribution in [3.8, 4) is 0 Å². The number of benzene rings is 3. The first kappa shape index (κ1) is 17.0. The molecule has 0 spiro atoms. The van der Waals surface area contributed by atoms with Crippen LogP contribution in [-0.4, -0.2) is 34.8 Å². The number of fused-ring (bicyclic) bond motifs is 4. The van der Waals surface area contributed by atoms with Gasteiger partial charge in [0, 0.05) is 30.7 Å². The van der Waals surface area contributed by atoms with Crippen molar-refractivity contribution in [1.82, 2.24) is 0 Å². The molecule has 3 aliphatic heterocycles. The van der Waals surface area contributed by atoms with Gasteiger partial charge >= 0.3 is 0 Å². The van der Waals surface area contributed by atoms with Crippen LogP contribution in [-0.2, 0) is 13.0 Å². The summed E-state index contributed by atoms with van der Waals surface area (Å²) in [7, 11) is 0. The summed E-state index contributed by atoms with van der Waals surface area (Å²) in [5.41, 5.74) is 2.75. The second-order valence-corrected chi connectivity index (χ2v) is 8.59. The third-order valence-corrected chi connectivity index (χ3v) is 7.07. The van der Waals surface area contributed by atoms with E-state index >= 15 is 0 Å². The first-order valence-electron chi connectivity index (χ1n) is 10.3. The summed E-state index contributed by atoms with van der Waals surface area (Å²) in [4.78, 5) is 0. The lowest BCUT2D eigenvalue weighted by atomic mass is 9.75. The zero-order chi connectivity index (χ0) is 18.3. The number of aliphatic hydroxyl groups is 1. The zero-order valence-electron chi connectivity index (χ0n) is 15.8. The summed E-state index contributed by atoms with van der Waals surface area (Å²) in [6.07, 6.45) is 3.14. The highest BCUT2D eigenvalue weighted by Gasteiger charge is 2.52. The van der Waals surface area contributed by atoms with Crippen molar-refractivity contribution in [2.75, 3.05) is 13.1 Å². The minimum atomic E-state index is -0.173. The Labute approximate surface area is 161 Å². The van der Waals surface area contributed by atoms with Crippen LogP contribution in [0.2, 0.25) is 0 Å². The van der Waals surface area contributed by atoms with Gasteiger partial charge in [-0.25, -0.2) is 0 Å². The average molecular weight is 359 g/mol. The number of nitrogens with zero attached hydrogens (tertiary/aromatic N) is 1. The van der Waals surface area contributed by atoms with Gasteiger partial charge in [0.1, 0.15) is 18.7 Å². The molecule has 138 valence electrons. The van der Waals surface area contributed by atoms with Crippen LogP contribution in [0.15, 0.2) is 72.8 Å². The van der Waals surface area contributed by atoms with E-state index in [4.69, 9.17) is 0 Å². The van der Waals surface area contributed by atoms with Gasteiger partial charge in [-0.1, -0.05) is 66.7 Å². The van der Waals surface area contributed by atoms with E-state index in [1.165, 1.54) is 47.8 Å². The Morgan fingerprint density at radius 2 is 1.48 bits per heavy atom. The van der Waals surface area contributed by atoms with Crippen LogP contribution in [0.3, 0.4) is 0 Å². The van der Waals surface area contributed by atoms with Crippen molar-refractivity contribution < 1.29 is 9.59 Å². The van der Waals surface area contributed by atoms with E-state index in [-0.39, 0.29) is 6.10 Å². The maximum absolute atomic E-state index is 11.1. The number of hydrogen-bond donors (Lipinski definition) is 1. The lowest BCUT2D eigenvalue weighted by molar-refractivity contribution is -0.982. The van der Waals surface area contributed by atoms with E-state index in [1.54, 1.807) is 0 Å². The standard InChI is InChI=1S/C25H28NO/c27-25-22-12-14-26(15-13-22,24(25)17-19-6-2-1-3-7-19)18-20-10-11-21-8-4-5-9-23(21)16-20/h1-11,16,22,24-25,27H,12-15,17-18H2/q+1/t22?,24-,25-,26?/m1/s1. The number of aliphatic hydroxyl groups excluding tert-OH is 1. The fraction of sp³-hybridized carbons (Fsp3) is 0.360. The molecular formula is C25H28NO+. The Hall–Kier alpha value is -2.16. The molecule has 0 saturated carbocycles. The monoisotopic (exact) mass is 358 g/mol. The molecule has 6 rings (SSSR count). The molecule has 1 N–H and O–H groups in total. The molecule has 0 unspecified atom stereocenters. The highest BCUT2D eigenvalue weighted by molar-refractivity contribution is 5.82. The number of hydrogen-bond acceptors (Lipinski definition) is 1. The molecule has 3 aromatic carbocycles. The van der Waals surface area contributed by atoms with E-state index in [1.807, 2.05) is 0 Å². The molecule has 3 aliphatic rings. The Morgan fingerprint density at radius 1 is 0.778 bits per heavy atom. The molecule has 27 heavy (non-hydrogen) atoms. The lowest BCUT2D eigenvalue weighted by Crippen LogP contribution is -2.69. The van der Waals surface area contributed by atoms with Crippen molar-refractivity contribution in [2.24, 2.45) is 5.92 Å². The van der Waals surface area contributed by atoms with E-state index in [0.29, 0.717) is 12.0 Å². The van der Waals surface area contributed by atoms with Crippen LogP contribution in [0.25, 0.3) is 10.8 Å². The van der Waals surface area contributed by atoms with Crippen molar-refractivity contribution in [2.45, 2.75) is 38.0 Å². The third-order valence-electron chi connectivity index (χ3n) is 7.07. The average Bonchev–Trinajstić information content (AvgIpc) is 2.72. The fourth-order valence-electron chi connectivity index (χ4n) is 5.56. The van der Waals surface area contributed by atoms with Gasteiger partial charge in [-0.05, 0) is 22.4 Å². The molecule has 0 radical (unpaired) electrons. The predicted molar refractivity (Wildman–Crippen MR) is 110 cm³/mol. The quantitative estimate of drug-likeness (QED) is 0.678. The van der Waals surface area contributed by atoms with E-state index in [9.17, 15) is 5.11 Å². The Bertz CT molecular complexity index is 927. The van der Waals surface area contributed by atoms with E-state index in [0.717, 1.165) is 17.4 Å². The Balaban J connectivity index is 1.48. The molecule has 3 aromatic rings. The first-order valence-corrected chi connectivity index (χ1v) is 10.3. The summed E-state index contributed by atoms with van der Waals surface area (Å²) in [5, 5.41) is 13.7. The Morgan fingerprint density at radius 3 is 2.26 bits per heavy atom.